The summed E-state index contributed by atoms with van der Waals surface area (Å²) in [6.07, 6.45) is 7.20. The Morgan fingerprint density at radius 1 is 1.25 bits per heavy atom. The van der Waals surface area contributed by atoms with Gasteiger partial charge in [0.15, 0.2) is 0 Å². The van der Waals surface area contributed by atoms with Gasteiger partial charge in [0.25, 0.3) is 0 Å². The van der Waals surface area contributed by atoms with Gasteiger partial charge in [-0.25, -0.2) is 0 Å². The van der Waals surface area contributed by atoms with Crippen LogP contribution in [0.4, 0.5) is 0 Å². The molecule has 0 amide bonds. The van der Waals surface area contributed by atoms with Crippen LogP contribution >= 0.6 is 0 Å². The highest BCUT2D eigenvalue weighted by molar-refractivity contribution is 5.73. The predicted molar refractivity (Wildman–Crippen MR) is 78.8 cm³/mol. The molecule has 4 heteroatoms. The fourth-order valence-corrected chi connectivity index (χ4v) is 3.23. The number of hydrogen-bond acceptors (Lipinski definition) is 3. The minimum Gasteiger partial charge on any atom is -0.466 e. The molecule has 1 fully saturated rings. The van der Waals surface area contributed by atoms with Gasteiger partial charge >= 0.3 is 5.97 Å². The van der Waals surface area contributed by atoms with Gasteiger partial charge in [-0.2, -0.15) is 5.10 Å². The van der Waals surface area contributed by atoms with Crippen LogP contribution in [0.3, 0.4) is 0 Å². The van der Waals surface area contributed by atoms with Crippen molar-refractivity contribution in [1.29, 1.82) is 0 Å². The highest BCUT2D eigenvalue weighted by atomic mass is 16.5. The Morgan fingerprint density at radius 2 is 1.95 bits per heavy atom. The average Bonchev–Trinajstić information content (AvgIpc) is 3.05. The molecule has 112 valence electrons. The molecule has 2 rings (SSSR count). The predicted octanol–water partition coefficient (Wildman–Crippen LogP) is 3.23. The van der Waals surface area contributed by atoms with Crippen LogP contribution in [-0.2, 0) is 28.8 Å². The number of esters is 1. The Labute approximate surface area is 121 Å². The highest BCUT2D eigenvalue weighted by Gasteiger charge is 2.25. The first-order chi connectivity index (χ1) is 9.71. The van der Waals surface area contributed by atoms with Crippen molar-refractivity contribution in [2.24, 2.45) is 0 Å². The topological polar surface area (TPSA) is 44.1 Å². The van der Waals surface area contributed by atoms with Gasteiger partial charge < -0.3 is 4.74 Å². The maximum Gasteiger partial charge on any atom is 0.310 e. The lowest BCUT2D eigenvalue weighted by Crippen LogP contribution is -2.13. The average molecular weight is 278 g/mol. The van der Waals surface area contributed by atoms with Crippen LogP contribution in [-0.4, -0.2) is 22.4 Å². The number of nitrogens with zero attached hydrogens (tertiary/aromatic N) is 2. The Hall–Kier alpha value is -1.32. The first kappa shape index (κ1) is 15.1. The lowest BCUT2D eigenvalue weighted by molar-refractivity contribution is -0.142. The maximum atomic E-state index is 11.8. The van der Waals surface area contributed by atoms with E-state index in [1.54, 1.807) is 0 Å². The second kappa shape index (κ2) is 6.91. The number of rotatable bonds is 6. The summed E-state index contributed by atoms with van der Waals surface area (Å²) in [5.74, 6) is -0.136. The molecular formula is C16H26N2O2. The number of ether oxygens (including phenoxy) is 1. The van der Waals surface area contributed by atoms with Crippen molar-refractivity contribution < 1.29 is 9.53 Å². The van der Waals surface area contributed by atoms with Crippen LogP contribution in [0, 0.1) is 0 Å². The molecule has 0 aromatic carbocycles. The SMILES string of the molecule is CCOC(=O)Cc1c(CC)nn(C2CCCC2)c1CC. The molecule has 0 radical (unpaired) electrons. The summed E-state index contributed by atoms with van der Waals surface area (Å²) in [5.41, 5.74) is 3.42. The lowest BCUT2D eigenvalue weighted by atomic mass is 10.1. The van der Waals surface area contributed by atoms with Gasteiger partial charge in [-0.3, -0.25) is 9.48 Å². The van der Waals surface area contributed by atoms with Crippen LogP contribution < -0.4 is 0 Å². The van der Waals surface area contributed by atoms with Crippen LogP contribution in [0.1, 0.15) is 69.4 Å². The zero-order valence-corrected chi connectivity index (χ0v) is 12.9. The van der Waals surface area contributed by atoms with Crippen molar-refractivity contribution in [2.45, 2.75) is 71.8 Å². The summed E-state index contributed by atoms with van der Waals surface area (Å²) in [6.45, 7) is 6.55. The zero-order valence-electron chi connectivity index (χ0n) is 12.9. The Balaban J connectivity index is 2.30. The van der Waals surface area contributed by atoms with E-state index in [2.05, 4.69) is 18.5 Å². The van der Waals surface area contributed by atoms with Gasteiger partial charge in [-0.05, 0) is 32.6 Å². The summed E-state index contributed by atoms with van der Waals surface area (Å²) < 4.78 is 7.31. The molecule has 0 saturated heterocycles. The van der Waals surface area contributed by atoms with E-state index in [4.69, 9.17) is 9.84 Å². The van der Waals surface area contributed by atoms with Crippen LogP contribution in [0.15, 0.2) is 0 Å². The van der Waals surface area contributed by atoms with E-state index >= 15 is 0 Å². The maximum absolute atomic E-state index is 11.8. The molecule has 0 bridgehead atoms. The summed E-state index contributed by atoms with van der Waals surface area (Å²) >= 11 is 0. The van der Waals surface area contributed by atoms with E-state index in [0.717, 1.165) is 24.1 Å². The van der Waals surface area contributed by atoms with Crippen LogP contribution in [0.25, 0.3) is 0 Å². The monoisotopic (exact) mass is 278 g/mol. The summed E-state index contributed by atoms with van der Waals surface area (Å²) in [4.78, 5) is 11.8. The fraction of sp³-hybridized carbons (Fsp3) is 0.750. The molecule has 0 unspecified atom stereocenters. The smallest absolute Gasteiger partial charge is 0.310 e. The molecule has 1 aliphatic rings. The summed E-state index contributed by atoms with van der Waals surface area (Å²) in [5, 5.41) is 4.80. The van der Waals surface area contributed by atoms with E-state index in [0.29, 0.717) is 19.1 Å². The largest absolute Gasteiger partial charge is 0.466 e. The quantitative estimate of drug-likeness (QED) is 0.750. The molecule has 1 saturated carbocycles. The van der Waals surface area contributed by atoms with Crippen molar-refractivity contribution in [1.82, 2.24) is 9.78 Å². The van der Waals surface area contributed by atoms with Crippen LogP contribution in [0.2, 0.25) is 0 Å². The third-order valence-corrected chi connectivity index (χ3v) is 4.17. The van der Waals surface area contributed by atoms with Gasteiger partial charge in [0, 0.05) is 11.3 Å². The molecule has 1 aliphatic carbocycles. The molecule has 0 N–H and O–H groups in total. The van der Waals surface area contributed by atoms with E-state index in [1.165, 1.54) is 31.4 Å². The lowest BCUT2D eigenvalue weighted by Gasteiger charge is -2.14. The standard InChI is InChI=1S/C16H26N2O2/c1-4-14-13(11-16(19)20-6-3)15(5-2)18(17-14)12-9-7-8-10-12/h12H,4-11H2,1-3H3. The van der Waals surface area contributed by atoms with Crippen molar-refractivity contribution in [3.8, 4) is 0 Å². The van der Waals surface area contributed by atoms with Crippen molar-refractivity contribution in [3.05, 3.63) is 17.0 Å². The van der Waals surface area contributed by atoms with Crippen molar-refractivity contribution >= 4 is 5.97 Å². The molecule has 1 aromatic rings. The van der Waals surface area contributed by atoms with E-state index in [9.17, 15) is 4.79 Å². The fourth-order valence-electron chi connectivity index (χ4n) is 3.23. The molecule has 4 nitrogen and oxygen atoms in total. The van der Waals surface area contributed by atoms with E-state index < -0.39 is 0 Å². The first-order valence-electron chi connectivity index (χ1n) is 7.95. The molecule has 1 aromatic heterocycles. The van der Waals surface area contributed by atoms with Gasteiger partial charge in [0.2, 0.25) is 0 Å². The van der Waals surface area contributed by atoms with Gasteiger partial charge in [0.1, 0.15) is 0 Å². The normalized spacial score (nSPS) is 15.8. The number of aromatic nitrogens is 2. The first-order valence-corrected chi connectivity index (χ1v) is 7.95. The third-order valence-electron chi connectivity index (χ3n) is 4.17. The minimum absolute atomic E-state index is 0.136. The second-order valence-electron chi connectivity index (χ2n) is 5.44. The van der Waals surface area contributed by atoms with Gasteiger partial charge in [-0.1, -0.05) is 26.7 Å². The molecule has 1 heterocycles. The molecular weight excluding hydrogens is 252 g/mol. The summed E-state index contributed by atoms with van der Waals surface area (Å²) in [6, 6.07) is 0.534. The molecule has 20 heavy (non-hydrogen) atoms. The molecule has 0 spiro atoms. The Bertz CT molecular complexity index is 459. The zero-order chi connectivity index (χ0) is 14.5. The van der Waals surface area contributed by atoms with Crippen molar-refractivity contribution in [2.75, 3.05) is 6.61 Å². The molecule has 0 atom stereocenters. The van der Waals surface area contributed by atoms with Gasteiger partial charge in [-0.15, -0.1) is 0 Å². The Morgan fingerprint density at radius 3 is 2.50 bits per heavy atom. The number of aryl methyl sites for hydroxylation is 1. The van der Waals surface area contributed by atoms with E-state index in [-0.39, 0.29) is 5.97 Å². The van der Waals surface area contributed by atoms with Crippen LogP contribution in [0.5, 0.6) is 0 Å². The number of hydrogen-bond donors (Lipinski definition) is 0. The number of carbonyl (C=O) groups is 1. The highest BCUT2D eigenvalue weighted by Crippen LogP contribution is 2.32. The Kier molecular flexibility index (Phi) is 5.21. The summed E-state index contributed by atoms with van der Waals surface area (Å²) in [7, 11) is 0. The third kappa shape index (κ3) is 3.05. The molecule has 0 aliphatic heterocycles. The minimum atomic E-state index is -0.136. The van der Waals surface area contributed by atoms with Gasteiger partial charge in [0.05, 0.1) is 24.8 Å². The number of carbonyl (C=O) groups excluding carboxylic acids is 1. The van der Waals surface area contributed by atoms with Crippen molar-refractivity contribution in [3.63, 3.8) is 0 Å². The second-order valence-corrected chi connectivity index (χ2v) is 5.44. The van der Waals surface area contributed by atoms with E-state index in [1.807, 2.05) is 6.92 Å².